The fourth-order valence-corrected chi connectivity index (χ4v) is 6.30. The summed E-state index contributed by atoms with van der Waals surface area (Å²) in [5.41, 5.74) is 4.76. The molecular formula is C25H22N2O4. The third kappa shape index (κ3) is 2.60. The summed E-state index contributed by atoms with van der Waals surface area (Å²) in [4.78, 5) is 25.5. The topological polar surface area (TPSA) is 83.7 Å². The van der Waals surface area contributed by atoms with E-state index in [0.717, 1.165) is 41.8 Å². The van der Waals surface area contributed by atoms with Gasteiger partial charge in [0.2, 0.25) is 0 Å². The van der Waals surface area contributed by atoms with Crippen LogP contribution in [0, 0.1) is 22.0 Å². The van der Waals surface area contributed by atoms with Crippen molar-refractivity contribution in [2.24, 2.45) is 11.8 Å². The average Bonchev–Trinajstić information content (AvgIpc) is 3.43. The maximum absolute atomic E-state index is 11.9. The number of fused-ring (bicyclic) bond motifs is 4. The molecule has 2 heterocycles. The van der Waals surface area contributed by atoms with Gasteiger partial charge in [0.1, 0.15) is 0 Å². The Morgan fingerprint density at radius 2 is 1.81 bits per heavy atom. The van der Waals surface area contributed by atoms with E-state index in [9.17, 15) is 20.0 Å². The predicted octanol–water partition coefficient (Wildman–Crippen LogP) is 5.19. The smallest absolute Gasteiger partial charge is 0.335 e. The summed E-state index contributed by atoms with van der Waals surface area (Å²) in [5.74, 6) is 0.0929. The third-order valence-electron chi connectivity index (χ3n) is 7.52. The van der Waals surface area contributed by atoms with Crippen molar-refractivity contribution in [2.75, 3.05) is 11.4 Å². The number of benzene rings is 2. The number of anilines is 1. The molecule has 6 rings (SSSR count). The number of hydrogen-bond acceptors (Lipinski definition) is 4. The van der Waals surface area contributed by atoms with Crippen LogP contribution >= 0.6 is 0 Å². The highest BCUT2D eigenvalue weighted by atomic mass is 16.6. The van der Waals surface area contributed by atoms with Gasteiger partial charge in [0.15, 0.2) is 0 Å². The minimum absolute atomic E-state index is 0.0309. The first-order valence-corrected chi connectivity index (χ1v) is 10.8. The molecule has 0 amide bonds. The normalized spacial score (nSPS) is 29.4. The molecule has 2 aliphatic heterocycles. The molecule has 2 aromatic rings. The number of non-ortho nitro benzene ring substituents is 1. The second-order valence-electron chi connectivity index (χ2n) is 9.06. The Hall–Kier alpha value is -3.41. The zero-order valence-corrected chi connectivity index (χ0v) is 16.8. The molecule has 0 spiro atoms. The molecule has 0 unspecified atom stereocenters. The minimum Gasteiger partial charge on any atom is -0.478 e. The standard InChI is InChI=1S/C25H22N2O4/c28-25(29)16-11-21-18-7-2-5-15(18)13-26-23(14-4-1-6-17(10-14)27(30)31)20-9-3-8-19(20)22(12-16)24(21)26/h1-4,6-8,10-12,15,18-20,23H,5,9,13H2,(H,28,29)/t15-,18-,19-,20+,23+/m1/s1. The number of allylic oxidation sites excluding steroid dienone is 4. The van der Waals surface area contributed by atoms with Crippen molar-refractivity contribution in [3.63, 3.8) is 0 Å². The van der Waals surface area contributed by atoms with Gasteiger partial charge in [-0.1, -0.05) is 36.4 Å². The molecule has 1 N–H and O–H groups in total. The van der Waals surface area contributed by atoms with Gasteiger partial charge in [0.25, 0.3) is 5.69 Å². The number of hydrogen-bond donors (Lipinski definition) is 1. The van der Waals surface area contributed by atoms with Gasteiger partial charge in [-0.25, -0.2) is 4.79 Å². The van der Waals surface area contributed by atoms with Crippen molar-refractivity contribution < 1.29 is 14.8 Å². The number of carboxylic acids is 1. The lowest BCUT2D eigenvalue weighted by atomic mass is 9.70. The molecule has 0 radical (unpaired) electrons. The highest BCUT2D eigenvalue weighted by Gasteiger charge is 2.48. The summed E-state index contributed by atoms with van der Waals surface area (Å²) in [5, 5.41) is 21.2. The van der Waals surface area contributed by atoms with Crippen molar-refractivity contribution >= 4 is 17.3 Å². The minimum atomic E-state index is -0.894. The summed E-state index contributed by atoms with van der Waals surface area (Å²) in [6.45, 7) is 0.876. The summed E-state index contributed by atoms with van der Waals surface area (Å²) in [6, 6.07) is 10.8. The average molecular weight is 414 g/mol. The van der Waals surface area contributed by atoms with E-state index in [4.69, 9.17) is 0 Å². The van der Waals surface area contributed by atoms with E-state index in [1.165, 1.54) is 0 Å². The Balaban J connectivity index is 1.58. The number of aromatic carboxylic acids is 1. The van der Waals surface area contributed by atoms with Crippen LogP contribution in [-0.2, 0) is 0 Å². The monoisotopic (exact) mass is 414 g/mol. The first kappa shape index (κ1) is 18.4. The Labute approximate surface area is 179 Å². The van der Waals surface area contributed by atoms with E-state index >= 15 is 0 Å². The van der Waals surface area contributed by atoms with Gasteiger partial charge in [0.05, 0.1) is 16.5 Å². The number of carboxylic acid groups (broad SMARTS) is 1. The lowest BCUT2D eigenvalue weighted by molar-refractivity contribution is -0.384. The van der Waals surface area contributed by atoms with Crippen molar-refractivity contribution in [3.8, 4) is 0 Å². The van der Waals surface area contributed by atoms with Gasteiger partial charge in [-0.2, -0.15) is 0 Å². The molecule has 4 aliphatic rings. The largest absolute Gasteiger partial charge is 0.478 e. The third-order valence-corrected chi connectivity index (χ3v) is 7.52. The highest BCUT2D eigenvalue weighted by Crippen LogP contribution is 2.59. The fraction of sp³-hybridized carbons (Fsp3) is 0.320. The quantitative estimate of drug-likeness (QED) is 0.425. The van der Waals surface area contributed by atoms with E-state index in [1.54, 1.807) is 18.2 Å². The van der Waals surface area contributed by atoms with Crippen LogP contribution in [0.15, 0.2) is 60.7 Å². The molecular weight excluding hydrogens is 392 g/mol. The molecule has 6 nitrogen and oxygen atoms in total. The predicted molar refractivity (Wildman–Crippen MR) is 117 cm³/mol. The second-order valence-corrected chi connectivity index (χ2v) is 9.06. The van der Waals surface area contributed by atoms with Crippen LogP contribution in [0.1, 0.15) is 57.8 Å². The molecule has 31 heavy (non-hydrogen) atoms. The van der Waals surface area contributed by atoms with E-state index in [0.29, 0.717) is 11.5 Å². The molecule has 6 heteroatoms. The lowest BCUT2D eigenvalue weighted by Gasteiger charge is -2.51. The maximum Gasteiger partial charge on any atom is 0.335 e. The second kappa shape index (κ2) is 6.54. The summed E-state index contributed by atoms with van der Waals surface area (Å²) in [7, 11) is 0. The van der Waals surface area contributed by atoms with Crippen LogP contribution in [0.25, 0.3) is 0 Å². The number of nitrogens with zero attached hydrogens (tertiary/aromatic N) is 2. The van der Waals surface area contributed by atoms with E-state index in [2.05, 4.69) is 29.2 Å². The highest BCUT2D eigenvalue weighted by molar-refractivity contribution is 5.90. The molecule has 2 aliphatic carbocycles. The Morgan fingerprint density at radius 3 is 2.58 bits per heavy atom. The zero-order valence-electron chi connectivity index (χ0n) is 16.8. The van der Waals surface area contributed by atoms with Crippen molar-refractivity contribution in [3.05, 3.63) is 93.1 Å². The number of nitro groups is 1. The van der Waals surface area contributed by atoms with Gasteiger partial charge >= 0.3 is 5.97 Å². The van der Waals surface area contributed by atoms with E-state index in [1.807, 2.05) is 18.2 Å². The number of nitro benzene ring substituents is 1. The van der Waals surface area contributed by atoms with Crippen LogP contribution in [0.5, 0.6) is 0 Å². The Bertz CT molecular complexity index is 1170. The first-order chi connectivity index (χ1) is 15.0. The van der Waals surface area contributed by atoms with Gasteiger partial charge in [-0.15, -0.1) is 0 Å². The summed E-state index contributed by atoms with van der Waals surface area (Å²) >= 11 is 0. The van der Waals surface area contributed by atoms with Crippen LogP contribution in [0.3, 0.4) is 0 Å². The lowest BCUT2D eigenvalue weighted by Crippen LogP contribution is -2.46. The molecule has 0 saturated heterocycles. The van der Waals surface area contributed by atoms with Crippen molar-refractivity contribution in [1.82, 2.24) is 0 Å². The van der Waals surface area contributed by atoms with E-state index in [-0.39, 0.29) is 34.4 Å². The van der Waals surface area contributed by atoms with Gasteiger partial charge < -0.3 is 10.0 Å². The molecule has 156 valence electrons. The van der Waals surface area contributed by atoms with Crippen LogP contribution < -0.4 is 4.90 Å². The Kier molecular flexibility index (Phi) is 3.88. The van der Waals surface area contributed by atoms with Gasteiger partial charge in [-0.05, 0) is 53.5 Å². The molecule has 0 saturated carbocycles. The first-order valence-electron chi connectivity index (χ1n) is 10.8. The molecule has 2 aromatic carbocycles. The molecule has 0 aromatic heterocycles. The van der Waals surface area contributed by atoms with Crippen molar-refractivity contribution in [2.45, 2.75) is 30.7 Å². The molecule has 0 bridgehead atoms. The maximum atomic E-state index is 11.9. The SMILES string of the molecule is O=C(O)c1cc2c3c(c1)[C@@H]1C=CC[C@@H]1[C@H](c1cccc([N+](=O)[O-])c1)N3C[C@H]1CC=C[C@@H]21. The van der Waals surface area contributed by atoms with Gasteiger partial charge in [0, 0.05) is 36.2 Å². The Morgan fingerprint density at radius 1 is 1.06 bits per heavy atom. The van der Waals surface area contributed by atoms with Crippen molar-refractivity contribution in [1.29, 1.82) is 0 Å². The summed E-state index contributed by atoms with van der Waals surface area (Å²) < 4.78 is 0. The number of carbonyl (C=O) groups is 1. The van der Waals surface area contributed by atoms with Crippen LogP contribution in [-0.4, -0.2) is 22.5 Å². The van der Waals surface area contributed by atoms with Gasteiger partial charge in [-0.3, -0.25) is 10.1 Å². The molecule has 0 fully saturated rings. The van der Waals surface area contributed by atoms with E-state index < -0.39 is 5.97 Å². The number of rotatable bonds is 3. The molecule has 5 atom stereocenters. The van der Waals surface area contributed by atoms with Crippen LogP contribution in [0.4, 0.5) is 11.4 Å². The zero-order chi connectivity index (χ0) is 21.3. The summed E-state index contributed by atoms with van der Waals surface area (Å²) in [6.07, 6.45) is 10.7. The van der Waals surface area contributed by atoms with Crippen LogP contribution in [0.2, 0.25) is 0 Å². The fourth-order valence-electron chi connectivity index (χ4n) is 6.30.